The van der Waals surface area contributed by atoms with Crippen LogP contribution in [0.5, 0.6) is 0 Å². The van der Waals surface area contributed by atoms with Gasteiger partial charge >= 0.3 is 0 Å². The van der Waals surface area contributed by atoms with E-state index < -0.39 is 0 Å². The monoisotopic (exact) mass is 351 g/mol. The first kappa shape index (κ1) is 16.8. The number of nitrogens with zero attached hydrogens (tertiary/aromatic N) is 5. The van der Waals surface area contributed by atoms with Crippen LogP contribution in [0.15, 0.2) is 49.1 Å². The van der Waals surface area contributed by atoms with Crippen LogP contribution in [0.2, 0.25) is 0 Å². The lowest BCUT2D eigenvalue weighted by atomic mass is 9.91. The van der Waals surface area contributed by atoms with E-state index >= 15 is 0 Å². The highest BCUT2D eigenvalue weighted by atomic mass is 19.1. The maximum atomic E-state index is 13.3. The van der Waals surface area contributed by atoms with Crippen molar-refractivity contribution >= 4 is 0 Å². The zero-order chi connectivity index (χ0) is 17.9. The van der Waals surface area contributed by atoms with Gasteiger partial charge in [-0.1, -0.05) is 0 Å². The fourth-order valence-electron chi connectivity index (χ4n) is 3.71. The van der Waals surface area contributed by atoms with Gasteiger partial charge in [-0.25, -0.2) is 4.39 Å². The molecule has 0 spiro atoms. The number of rotatable bonds is 4. The Bertz CT molecular complexity index is 874. The van der Waals surface area contributed by atoms with E-state index in [1.165, 1.54) is 17.7 Å². The standard InChI is InChI=1S/C20H22FN5/c1-25-12-15(11-24-25)13-26-10-2-3-17(14-26)20-19(22-8-9-23-20)16-4-6-18(21)7-5-16/h4-9,11-12,17H,2-3,10,13-14H2,1H3/t17-/m1/s1. The second-order valence-electron chi connectivity index (χ2n) is 6.89. The smallest absolute Gasteiger partial charge is 0.123 e. The molecule has 2 aromatic heterocycles. The molecule has 4 rings (SSSR count). The van der Waals surface area contributed by atoms with E-state index in [1.54, 1.807) is 24.5 Å². The topological polar surface area (TPSA) is 46.8 Å². The summed E-state index contributed by atoms with van der Waals surface area (Å²) in [5, 5.41) is 4.26. The van der Waals surface area contributed by atoms with Gasteiger partial charge in [-0.15, -0.1) is 0 Å². The first-order valence-electron chi connectivity index (χ1n) is 8.96. The molecule has 1 atom stereocenters. The minimum atomic E-state index is -0.237. The molecule has 1 aliphatic heterocycles. The third kappa shape index (κ3) is 3.65. The van der Waals surface area contributed by atoms with E-state index in [-0.39, 0.29) is 5.82 Å². The summed E-state index contributed by atoms with van der Waals surface area (Å²) in [6.07, 6.45) is 9.67. The molecule has 0 saturated carbocycles. The summed E-state index contributed by atoms with van der Waals surface area (Å²) in [5.41, 5.74) is 4.01. The van der Waals surface area contributed by atoms with Crippen molar-refractivity contribution < 1.29 is 4.39 Å². The predicted molar refractivity (Wildman–Crippen MR) is 97.9 cm³/mol. The number of aryl methyl sites for hydroxylation is 1. The van der Waals surface area contributed by atoms with Gasteiger partial charge in [0.15, 0.2) is 0 Å². The number of hydrogen-bond donors (Lipinski definition) is 0. The van der Waals surface area contributed by atoms with Crippen molar-refractivity contribution in [2.24, 2.45) is 7.05 Å². The molecular weight excluding hydrogens is 329 g/mol. The number of benzene rings is 1. The molecule has 3 aromatic rings. The molecule has 0 amide bonds. The SMILES string of the molecule is Cn1cc(CN2CCC[C@@H](c3nccnc3-c3ccc(F)cc3)C2)cn1. The Balaban J connectivity index is 1.56. The summed E-state index contributed by atoms with van der Waals surface area (Å²) in [6.45, 7) is 2.93. The van der Waals surface area contributed by atoms with Crippen LogP contribution >= 0.6 is 0 Å². The zero-order valence-electron chi connectivity index (χ0n) is 14.8. The van der Waals surface area contributed by atoms with Gasteiger partial charge < -0.3 is 0 Å². The van der Waals surface area contributed by atoms with Crippen molar-refractivity contribution in [3.63, 3.8) is 0 Å². The maximum Gasteiger partial charge on any atom is 0.123 e. The lowest BCUT2D eigenvalue weighted by Gasteiger charge is -2.32. The highest BCUT2D eigenvalue weighted by Gasteiger charge is 2.25. The molecule has 0 N–H and O–H groups in total. The number of likely N-dealkylation sites (tertiary alicyclic amines) is 1. The molecule has 1 saturated heterocycles. The normalized spacial score (nSPS) is 18.2. The van der Waals surface area contributed by atoms with Gasteiger partial charge in [-0.3, -0.25) is 19.5 Å². The number of halogens is 1. The quantitative estimate of drug-likeness (QED) is 0.723. The summed E-state index contributed by atoms with van der Waals surface area (Å²) in [6, 6.07) is 6.50. The van der Waals surface area contributed by atoms with Crippen LogP contribution in [0.4, 0.5) is 4.39 Å². The molecule has 26 heavy (non-hydrogen) atoms. The summed E-state index contributed by atoms with van der Waals surface area (Å²) in [7, 11) is 1.94. The minimum Gasteiger partial charge on any atom is -0.298 e. The maximum absolute atomic E-state index is 13.3. The van der Waals surface area contributed by atoms with Crippen LogP contribution in [0.25, 0.3) is 11.3 Å². The fourth-order valence-corrected chi connectivity index (χ4v) is 3.71. The van der Waals surface area contributed by atoms with E-state index in [0.717, 1.165) is 49.4 Å². The summed E-state index contributed by atoms with van der Waals surface area (Å²) in [4.78, 5) is 11.6. The summed E-state index contributed by atoms with van der Waals surface area (Å²) >= 11 is 0. The predicted octanol–water partition coefficient (Wildman–Crippen LogP) is 3.40. The van der Waals surface area contributed by atoms with Gasteiger partial charge in [0, 0.05) is 55.8 Å². The average Bonchev–Trinajstić information content (AvgIpc) is 3.07. The molecule has 1 aliphatic rings. The third-order valence-electron chi connectivity index (χ3n) is 4.90. The Kier molecular flexibility index (Phi) is 4.75. The van der Waals surface area contributed by atoms with Crippen molar-refractivity contribution in [3.8, 4) is 11.3 Å². The molecule has 134 valence electrons. The van der Waals surface area contributed by atoms with Crippen molar-refractivity contribution in [1.82, 2.24) is 24.6 Å². The van der Waals surface area contributed by atoms with Gasteiger partial charge in [0.2, 0.25) is 0 Å². The molecule has 0 radical (unpaired) electrons. The molecule has 1 fully saturated rings. The van der Waals surface area contributed by atoms with Crippen molar-refractivity contribution in [1.29, 1.82) is 0 Å². The highest BCUT2D eigenvalue weighted by Crippen LogP contribution is 2.32. The van der Waals surface area contributed by atoms with E-state index in [2.05, 4.69) is 26.2 Å². The van der Waals surface area contributed by atoms with Crippen LogP contribution in [-0.4, -0.2) is 37.7 Å². The lowest BCUT2D eigenvalue weighted by molar-refractivity contribution is 0.198. The Labute approximate surface area is 152 Å². The van der Waals surface area contributed by atoms with Crippen molar-refractivity contribution in [2.45, 2.75) is 25.3 Å². The van der Waals surface area contributed by atoms with Gasteiger partial charge in [-0.05, 0) is 43.7 Å². The van der Waals surface area contributed by atoms with Gasteiger partial charge in [-0.2, -0.15) is 5.10 Å². The van der Waals surface area contributed by atoms with Gasteiger partial charge in [0.1, 0.15) is 5.82 Å². The Morgan fingerprint density at radius 2 is 1.96 bits per heavy atom. The molecule has 6 heteroatoms. The van der Waals surface area contributed by atoms with Crippen LogP contribution in [0.1, 0.15) is 30.0 Å². The van der Waals surface area contributed by atoms with E-state index in [0.29, 0.717) is 5.92 Å². The third-order valence-corrected chi connectivity index (χ3v) is 4.90. The summed E-state index contributed by atoms with van der Waals surface area (Å²) < 4.78 is 15.1. The Morgan fingerprint density at radius 1 is 1.15 bits per heavy atom. The van der Waals surface area contributed by atoms with Gasteiger partial charge in [0.25, 0.3) is 0 Å². The second-order valence-corrected chi connectivity index (χ2v) is 6.89. The molecule has 1 aromatic carbocycles. The van der Waals surface area contributed by atoms with E-state index in [1.807, 2.05) is 17.9 Å². The largest absolute Gasteiger partial charge is 0.298 e. The van der Waals surface area contributed by atoms with E-state index in [9.17, 15) is 4.39 Å². The average molecular weight is 351 g/mol. The first-order valence-corrected chi connectivity index (χ1v) is 8.96. The van der Waals surface area contributed by atoms with Crippen LogP contribution in [0.3, 0.4) is 0 Å². The fraction of sp³-hybridized carbons (Fsp3) is 0.350. The van der Waals surface area contributed by atoms with Crippen LogP contribution in [0, 0.1) is 5.82 Å². The molecule has 3 heterocycles. The molecule has 5 nitrogen and oxygen atoms in total. The molecular formula is C20H22FN5. The zero-order valence-corrected chi connectivity index (χ0v) is 14.8. The lowest BCUT2D eigenvalue weighted by Crippen LogP contribution is -2.34. The molecule has 0 aliphatic carbocycles. The van der Waals surface area contributed by atoms with Crippen LogP contribution in [-0.2, 0) is 13.6 Å². The minimum absolute atomic E-state index is 0.237. The van der Waals surface area contributed by atoms with Crippen molar-refractivity contribution in [2.75, 3.05) is 13.1 Å². The molecule has 0 unspecified atom stereocenters. The Morgan fingerprint density at radius 3 is 2.73 bits per heavy atom. The number of aromatic nitrogens is 4. The van der Waals surface area contributed by atoms with Crippen LogP contribution < -0.4 is 0 Å². The van der Waals surface area contributed by atoms with E-state index in [4.69, 9.17) is 0 Å². The molecule has 0 bridgehead atoms. The summed E-state index contributed by atoms with van der Waals surface area (Å²) in [5.74, 6) is 0.0914. The number of piperidine rings is 1. The second kappa shape index (κ2) is 7.33. The first-order chi connectivity index (χ1) is 12.7. The van der Waals surface area contributed by atoms with Crippen molar-refractivity contribution in [3.05, 3.63) is 66.1 Å². The number of hydrogen-bond acceptors (Lipinski definition) is 4. The highest BCUT2D eigenvalue weighted by molar-refractivity contribution is 5.62. The Hall–Kier alpha value is -2.60. The van der Waals surface area contributed by atoms with Gasteiger partial charge in [0.05, 0.1) is 17.6 Å².